The predicted octanol–water partition coefficient (Wildman–Crippen LogP) is 1.67. The molecule has 0 aliphatic heterocycles. The second kappa shape index (κ2) is 7.06. The zero-order valence-corrected chi connectivity index (χ0v) is 13.2. The number of amides is 1. The van der Waals surface area contributed by atoms with Crippen LogP contribution in [0.2, 0.25) is 0 Å². The summed E-state index contributed by atoms with van der Waals surface area (Å²) in [5, 5.41) is 15.9. The zero-order chi connectivity index (χ0) is 16.2. The molecule has 1 aromatic rings. The van der Waals surface area contributed by atoms with Gasteiger partial charge in [0.1, 0.15) is 6.04 Å². The number of carboxylic acid groups (broad SMARTS) is 1. The van der Waals surface area contributed by atoms with Crippen molar-refractivity contribution in [2.24, 2.45) is 13.0 Å². The second-order valence-corrected chi connectivity index (χ2v) is 5.57. The molecule has 2 N–H and O–H groups in total. The number of carbonyl (C=O) groups excluding carboxylic acids is 1. The zero-order valence-electron chi connectivity index (χ0n) is 13.2. The summed E-state index contributed by atoms with van der Waals surface area (Å²) in [6.07, 6.45) is 3.43. The molecule has 6 heteroatoms. The third-order valence-corrected chi connectivity index (χ3v) is 3.29. The van der Waals surface area contributed by atoms with Gasteiger partial charge in [-0.15, -0.1) is 0 Å². The van der Waals surface area contributed by atoms with Crippen molar-refractivity contribution in [2.75, 3.05) is 0 Å². The fraction of sp³-hybridized carbons (Fsp3) is 0.533. The molecule has 1 amide bonds. The van der Waals surface area contributed by atoms with Crippen molar-refractivity contribution >= 4 is 18.0 Å². The Kier molecular flexibility index (Phi) is 5.69. The summed E-state index contributed by atoms with van der Waals surface area (Å²) in [4.78, 5) is 23.0. The normalized spacial score (nSPS) is 12.9. The number of aromatic nitrogens is 2. The van der Waals surface area contributed by atoms with Crippen molar-refractivity contribution in [3.8, 4) is 0 Å². The summed E-state index contributed by atoms with van der Waals surface area (Å²) in [5.41, 5.74) is 2.66. The van der Waals surface area contributed by atoms with E-state index in [2.05, 4.69) is 10.4 Å². The predicted molar refractivity (Wildman–Crippen MR) is 80.7 cm³/mol. The van der Waals surface area contributed by atoms with Crippen LogP contribution in [0.15, 0.2) is 6.08 Å². The minimum atomic E-state index is -1.01. The lowest BCUT2D eigenvalue weighted by molar-refractivity contribution is -0.141. The van der Waals surface area contributed by atoms with Crippen LogP contribution in [-0.4, -0.2) is 32.8 Å². The molecule has 21 heavy (non-hydrogen) atoms. The van der Waals surface area contributed by atoms with Gasteiger partial charge in [-0.1, -0.05) is 13.8 Å². The van der Waals surface area contributed by atoms with Crippen LogP contribution in [0.5, 0.6) is 0 Å². The third-order valence-electron chi connectivity index (χ3n) is 3.29. The molecule has 0 saturated heterocycles. The Morgan fingerprint density at radius 2 is 2.00 bits per heavy atom. The molecule has 0 saturated carbocycles. The van der Waals surface area contributed by atoms with Crippen LogP contribution in [0, 0.1) is 19.8 Å². The molecule has 1 heterocycles. The lowest BCUT2D eigenvalue weighted by Crippen LogP contribution is -2.40. The number of hydrogen-bond donors (Lipinski definition) is 2. The molecule has 0 aliphatic carbocycles. The van der Waals surface area contributed by atoms with Gasteiger partial charge in [-0.3, -0.25) is 9.48 Å². The Labute approximate surface area is 124 Å². The van der Waals surface area contributed by atoms with Crippen molar-refractivity contribution in [3.63, 3.8) is 0 Å². The molecule has 0 aliphatic rings. The van der Waals surface area contributed by atoms with Crippen LogP contribution < -0.4 is 5.32 Å². The summed E-state index contributed by atoms with van der Waals surface area (Å²) in [5.74, 6) is -1.23. The minimum absolute atomic E-state index is 0.193. The maximum Gasteiger partial charge on any atom is 0.326 e. The maximum atomic E-state index is 11.9. The fourth-order valence-electron chi connectivity index (χ4n) is 2.10. The number of nitrogens with zero attached hydrogens (tertiary/aromatic N) is 2. The Morgan fingerprint density at radius 1 is 1.38 bits per heavy atom. The first-order valence-electron chi connectivity index (χ1n) is 6.94. The summed E-state index contributed by atoms with van der Waals surface area (Å²) >= 11 is 0. The van der Waals surface area contributed by atoms with E-state index in [4.69, 9.17) is 5.11 Å². The lowest BCUT2D eigenvalue weighted by atomic mass is 10.0. The van der Waals surface area contributed by atoms with Gasteiger partial charge in [0.25, 0.3) is 0 Å². The molecule has 1 rings (SSSR count). The maximum absolute atomic E-state index is 11.9. The van der Waals surface area contributed by atoms with Gasteiger partial charge in [-0.05, 0) is 32.3 Å². The average molecular weight is 293 g/mol. The highest BCUT2D eigenvalue weighted by molar-refractivity contribution is 5.94. The van der Waals surface area contributed by atoms with Crippen LogP contribution in [0.4, 0.5) is 0 Å². The van der Waals surface area contributed by atoms with Crippen LogP contribution >= 0.6 is 0 Å². The molecule has 116 valence electrons. The molecule has 0 aromatic carbocycles. The summed E-state index contributed by atoms with van der Waals surface area (Å²) in [6, 6.07) is -0.863. The number of carbonyl (C=O) groups is 2. The van der Waals surface area contributed by atoms with Gasteiger partial charge in [0.05, 0.1) is 5.69 Å². The Bertz CT molecular complexity index is 559. The van der Waals surface area contributed by atoms with Crippen molar-refractivity contribution in [1.82, 2.24) is 15.1 Å². The van der Waals surface area contributed by atoms with Gasteiger partial charge in [0, 0.05) is 24.4 Å². The van der Waals surface area contributed by atoms with E-state index in [0.29, 0.717) is 6.42 Å². The smallest absolute Gasteiger partial charge is 0.326 e. The molecule has 0 radical (unpaired) electrons. The third kappa shape index (κ3) is 4.73. The summed E-state index contributed by atoms with van der Waals surface area (Å²) in [6.45, 7) is 7.61. The van der Waals surface area contributed by atoms with Crippen molar-refractivity contribution < 1.29 is 14.7 Å². The standard InChI is InChI=1S/C15H23N3O3/c1-9(2)8-13(15(20)21)16-14(19)7-6-12-10(3)17-18(5)11(12)4/h6-7,9,13H,8H2,1-5H3,(H,16,19)(H,20,21)/b7-6+. The van der Waals surface area contributed by atoms with Crippen molar-refractivity contribution in [1.29, 1.82) is 0 Å². The van der Waals surface area contributed by atoms with E-state index in [1.807, 2.05) is 34.7 Å². The molecular weight excluding hydrogens is 270 g/mol. The van der Waals surface area contributed by atoms with Crippen molar-refractivity contribution in [3.05, 3.63) is 23.0 Å². The van der Waals surface area contributed by atoms with Gasteiger partial charge in [0.2, 0.25) is 5.91 Å². The number of nitrogens with one attached hydrogen (secondary N) is 1. The number of rotatable bonds is 6. The first-order valence-corrected chi connectivity index (χ1v) is 6.94. The highest BCUT2D eigenvalue weighted by atomic mass is 16.4. The summed E-state index contributed by atoms with van der Waals surface area (Å²) < 4.78 is 1.74. The molecule has 1 aromatic heterocycles. The van der Waals surface area contributed by atoms with E-state index in [1.54, 1.807) is 10.8 Å². The van der Waals surface area contributed by atoms with Crippen LogP contribution in [0.1, 0.15) is 37.2 Å². The first-order chi connectivity index (χ1) is 9.72. The Balaban J connectivity index is 2.76. The second-order valence-electron chi connectivity index (χ2n) is 5.57. The van der Waals surface area contributed by atoms with E-state index < -0.39 is 17.9 Å². The molecule has 0 bridgehead atoms. The van der Waals surface area contributed by atoms with Gasteiger partial charge in [-0.25, -0.2) is 4.79 Å². The van der Waals surface area contributed by atoms with E-state index in [9.17, 15) is 9.59 Å². The van der Waals surface area contributed by atoms with Crippen LogP contribution in [0.3, 0.4) is 0 Å². The van der Waals surface area contributed by atoms with E-state index in [-0.39, 0.29) is 5.92 Å². The largest absolute Gasteiger partial charge is 0.480 e. The first kappa shape index (κ1) is 16.9. The number of aliphatic carboxylic acids is 1. The SMILES string of the molecule is Cc1nn(C)c(C)c1/C=C/C(=O)NC(CC(C)C)C(=O)O. The van der Waals surface area contributed by atoms with E-state index >= 15 is 0 Å². The summed E-state index contributed by atoms with van der Waals surface area (Å²) in [7, 11) is 1.84. The van der Waals surface area contributed by atoms with Gasteiger partial charge in [0.15, 0.2) is 0 Å². The molecule has 0 fully saturated rings. The van der Waals surface area contributed by atoms with Crippen LogP contribution in [-0.2, 0) is 16.6 Å². The fourth-order valence-corrected chi connectivity index (χ4v) is 2.10. The lowest BCUT2D eigenvalue weighted by Gasteiger charge is -2.15. The Morgan fingerprint density at radius 3 is 2.43 bits per heavy atom. The van der Waals surface area contributed by atoms with Crippen molar-refractivity contribution in [2.45, 2.75) is 40.2 Å². The molecule has 1 unspecified atom stereocenters. The highest BCUT2D eigenvalue weighted by Crippen LogP contribution is 2.13. The van der Waals surface area contributed by atoms with Gasteiger partial charge >= 0.3 is 5.97 Å². The number of aryl methyl sites for hydroxylation is 2. The molecular formula is C15H23N3O3. The van der Waals surface area contributed by atoms with E-state index in [0.717, 1.165) is 17.0 Å². The molecule has 6 nitrogen and oxygen atoms in total. The minimum Gasteiger partial charge on any atom is -0.480 e. The van der Waals surface area contributed by atoms with Gasteiger partial charge < -0.3 is 10.4 Å². The number of carboxylic acids is 1. The topological polar surface area (TPSA) is 84.2 Å². The number of hydrogen-bond acceptors (Lipinski definition) is 3. The van der Waals surface area contributed by atoms with E-state index in [1.165, 1.54) is 6.08 Å². The molecule has 0 spiro atoms. The van der Waals surface area contributed by atoms with Gasteiger partial charge in [-0.2, -0.15) is 5.10 Å². The molecule has 1 atom stereocenters. The highest BCUT2D eigenvalue weighted by Gasteiger charge is 2.20. The monoisotopic (exact) mass is 293 g/mol. The Hall–Kier alpha value is -2.11. The quantitative estimate of drug-likeness (QED) is 0.781. The van der Waals surface area contributed by atoms with Crippen LogP contribution in [0.25, 0.3) is 6.08 Å². The average Bonchev–Trinajstić information content (AvgIpc) is 2.60.